The summed E-state index contributed by atoms with van der Waals surface area (Å²) in [6.45, 7) is 2.85. The van der Waals surface area contributed by atoms with Gasteiger partial charge in [0.05, 0.1) is 7.98 Å². The molecule has 0 amide bonds. The lowest BCUT2D eigenvalue weighted by Crippen LogP contribution is -2.52. The van der Waals surface area contributed by atoms with Crippen molar-refractivity contribution in [3.05, 3.63) is 0 Å². The maximum Gasteiger partial charge on any atom is 0.303 e. The van der Waals surface area contributed by atoms with Crippen molar-refractivity contribution in [3.63, 3.8) is 0 Å². The average molecular weight is 351 g/mol. The van der Waals surface area contributed by atoms with E-state index in [1.54, 1.807) is 0 Å². The molecular weight excluding hydrogens is 324 g/mol. The fourth-order valence-electron chi connectivity index (χ4n) is 2.02. The molecule has 9 nitrogen and oxygen atoms in total. The Morgan fingerprint density at radius 2 is 1.38 bits per heavy atom. The first-order valence-corrected chi connectivity index (χ1v) is 7.16. The molecule has 0 saturated carbocycles. The second-order valence-electron chi connectivity index (χ2n) is 4.80. The Morgan fingerprint density at radius 3 is 1.75 bits per heavy atom. The number of carbonyl (C=O) groups is 3. The van der Waals surface area contributed by atoms with Gasteiger partial charge in [-0.3, -0.25) is 14.4 Å². The second kappa shape index (κ2) is 11.8. The molecule has 0 saturated heterocycles. The molecule has 0 unspecified atom stereocenters. The van der Waals surface area contributed by atoms with E-state index in [4.69, 9.17) is 29.8 Å². The number of carbonyl (C=O) groups excluding carboxylic acids is 3. The van der Waals surface area contributed by atoms with E-state index in [2.05, 4.69) is 0 Å². The minimum Gasteiger partial charge on any atom is -0.462 e. The molecule has 24 heavy (non-hydrogen) atoms. The van der Waals surface area contributed by atoms with Crippen LogP contribution in [0.4, 0.5) is 0 Å². The van der Waals surface area contributed by atoms with Crippen LogP contribution in [0.25, 0.3) is 0 Å². The number of rotatable bonds is 11. The molecule has 0 aromatic rings. The maximum atomic E-state index is 11.4. The summed E-state index contributed by atoms with van der Waals surface area (Å²) in [6, 6.07) is 0. The summed E-state index contributed by atoms with van der Waals surface area (Å²) in [5.41, 5.74) is 0. The number of hydrogen-bond donors (Lipinski definition) is 0. The standard InChI is InChI=1S/C15H26O9/c1-9(16)22-8-13(24-11(3)18)15(21-6)14(20-5)12(7-19-4)23-10(2)17/h12-15H,7-8H2,1-6H3/t12-,13-,14-,15-/m1/s1/i12D. The molecule has 0 aliphatic heterocycles. The third kappa shape index (κ3) is 8.23. The minimum absolute atomic E-state index is 0.323. The average Bonchev–Trinajstić information content (AvgIpc) is 2.47. The molecule has 140 valence electrons. The summed E-state index contributed by atoms with van der Waals surface area (Å²) in [4.78, 5) is 33.8. The summed E-state index contributed by atoms with van der Waals surface area (Å²) < 4.78 is 39.0. The molecule has 0 N–H and O–H groups in total. The van der Waals surface area contributed by atoms with Crippen molar-refractivity contribution < 1.29 is 44.2 Å². The molecule has 0 aliphatic rings. The lowest BCUT2D eigenvalue weighted by Gasteiger charge is -2.34. The molecule has 0 spiro atoms. The monoisotopic (exact) mass is 351 g/mol. The summed E-state index contributed by atoms with van der Waals surface area (Å²) in [5.74, 6) is -1.97. The van der Waals surface area contributed by atoms with Gasteiger partial charge in [-0.25, -0.2) is 0 Å². The molecule has 4 atom stereocenters. The lowest BCUT2D eigenvalue weighted by atomic mass is 10.0. The van der Waals surface area contributed by atoms with Gasteiger partial charge in [-0.15, -0.1) is 0 Å². The third-order valence-electron chi connectivity index (χ3n) is 2.84. The van der Waals surface area contributed by atoms with Crippen LogP contribution in [0.3, 0.4) is 0 Å². The molecule has 9 heteroatoms. The Morgan fingerprint density at radius 1 is 0.833 bits per heavy atom. The van der Waals surface area contributed by atoms with E-state index in [9.17, 15) is 14.4 Å². The van der Waals surface area contributed by atoms with Gasteiger partial charge in [-0.05, 0) is 0 Å². The molecule has 0 radical (unpaired) electrons. The van der Waals surface area contributed by atoms with Crippen LogP contribution in [0.5, 0.6) is 0 Å². The van der Waals surface area contributed by atoms with Gasteiger partial charge in [0, 0.05) is 42.1 Å². The predicted molar refractivity (Wildman–Crippen MR) is 81.2 cm³/mol. The van der Waals surface area contributed by atoms with E-state index in [1.165, 1.54) is 35.2 Å². The highest BCUT2D eigenvalue weighted by Gasteiger charge is 2.39. The van der Waals surface area contributed by atoms with Crippen LogP contribution in [0.2, 0.25) is 0 Å². The van der Waals surface area contributed by atoms with Crippen molar-refractivity contribution in [2.24, 2.45) is 0 Å². The largest absolute Gasteiger partial charge is 0.462 e. The quantitative estimate of drug-likeness (QED) is 0.378. The van der Waals surface area contributed by atoms with E-state index in [0.717, 1.165) is 6.92 Å². The zero-order chi connectivity index (χ0) is 19.6. The van der Waals surface area contributed by atoms with E-state index >= 15 is 0 Å². The molecule has 0 fully saturated rings. The van der Waals surface area contributed by atoms with Gasteiger partial charge >= 0.3 is 17.9 Å². The Bertz CT molecular complexity index is 456. The SMILES string of the molecule is [2H][C@](COC)(OC(C)=O)[C@@H](OC)[C@H](OC)[C@@H](COC(C)=O)OC(C)=O. The van der Waals surface area contributed by atoms with Crippen molar-refractivity contribution in [1.29, 1.82) is 0 Å². The van der Waals surface area contributed by atoms with Crippen molar-refractivity contribution in [1.82, 2.24) is 0 Å². The van der Waals surface area contributed by atoms with Gasteiger partial charge in [-0.2, -0.15) is 0 Å². The van der Waals surface area contributed by atoms with E-state index < -0.39 is 42.3 Å². The highest BCUT2D eigenvalue weighted by Crippen LogP contribution is 2.18. The van der Waals surface area contributed by atoms with E-state index in [-0.39, 0.29) is 13.2 Å². The van der Waals surface area contributed by atoms with Gasteiger partial charge in [0.2, 0.25) is 0 Å². The molecular formula is C15H26O9. The Balaban J connectivity index is 5.67. The van der Waals surface area contributed by atoms with Crippen LogP contribution in [-0.4, -0.2) is 76.8 Å². The zero-order valence-electron chi connectivity index (χ0n) is 15.8. The summed E-state index contributed by atoms with van der Waals surface area (Å²) in [5, 5.41) is 0. The summed E-state index contributed by atoms with van der Waals surface area (Å²) >= 11 is 0. The van der Waals surface area contributed by atoms with E-state index in [0.29, 0.717) is 0 Å². The highest BCUT2D eigenvalue weighted by atomic mass is 16.6. The van der Waals surface area contributed by atoms with Gasteiger partial charge in [0.1, 0.15) is 18.8 Å². The second-order valence-corrected chi connectivity index (χ2v) is 4.80. The normalized spacial score (nSPS) is 17.7. The highest BCUT2D eigenvalue weighted by molar-refractivity contribution is 5.67. The molecule has 0 aromatic carbocycles. The topological polar surface area (TPSA) is 107 Å². The molecule has 0 bridgehead atoms. The van der Waals surface area contributed by atoms with E-state index in [1.807, 2.05) is 0 Å². The first kappa shape index (κ1) is 20.3. The summed E-state index contributed by atoms with van der Waals surface area (Å²) in [6.07, 6.45) is -5.36. The van der Waals surface area contributed by atoms with Crippen LogP contribution in [-0.2, 0) is 42.8 Å². The summed E-state index contributed by atoms with van der Waals surface area (Å²) in [7, 11) is 3.89. The molecule has 0 rings (SSSR count). The Hall–Kier alpha value is -1.71. The third-order valence-corrected chi connectivity index (χ3v) is 2.84. The van der Waals surface area contributed by atoms with Gasteiger partial charge < -0.3 is 28.4 Å². The van der Waals surface area contributed by atoms with Crippen molar-refractivity contribution in [2.45, 2.75) is 45.2 Å². The van der Waals surface area contributed by atoms with Crippen molar-refractivity contribution in [2.75, 3.05) is 34.5 Å². The van der Waals surface area contributed by atoms with Crippen LogP contribution >= 0.6 is 0 Å². The Labute approximate surface area is 142 Å². The van der Waals surface area contributed by atoms with Gasteiger partial charge in [0.25, 0.3) is 0 Å². The van der Waals surface area contributed by atoms with Crippen molar-refractivity contribution in [3.8, 4) is 0 Å². The van der Waals surface area contributed by atoms with Gasteiger partial charge in [0.15, 0.2) is 12.2 Å². The van der Waals surface area contributed by atoms with Gasteiger partial charge in [-0.1, -0.05) is 0 Å². The molecule has 0 aliphatic carbocycles. The fourth-order valence-corrected chi connectivity index (χ4v) is 2.02. The Kier molecular flexibility index (Phi) is 9.97. The molecule has 0 aromatic heterocycles. The van der Waals surface area contributed by atoms with Crippen molar-refractivity contribution >= 4 is 17.9 Å². The minimum atomic E-state index is -1.98. The van der Waals surface area contributed by atoms with Crippen LogP contribution in [0.15, 0.2) is 0 Å². The van der Waals surface area contributed by atoms with Crippen LogP contribution < -0.4 is 0 Å². The first-order valence-electron chi connectivity index (χ1n) is 7.66. The van der Waals surface area contributed by atoms with Crippen LogP contribution in [0, 0.1) is 0 Å². The first-order chi connectivity index (χ1) is 11.6. The van der Waals surface area contributed by atoms with Crippen LogP contribution in [0.1, 0.15) is 22.1 Å². The number of esters is 3. The number of methoxy groups -OCH3 is 3. The smallest absolute Gasteiger partial charge is 0.303 e. The maximum absolute atomic E-state index is 11.4. The lowest BCUT2D eigenvalue weighted by molar-refractivity contribution is -0.192. The predicted octanol–water partition coefficient (Wildman–Crippen LogP) is 0.0893. The fraction of sp³-hybridized carbons (Fsp3) is 0.800. The zero-order valence-corrected chi connectivity index (χ0v) is 14.8. The number of hydrogen-bond acceptors (Lipinski definition) is 9. The number of ether oxygens (including phenoxy) is 6. The molecule has 0 heterocycles.